The van der Waals surface area contributed by atoms with Crippen LogP contribution in [-0.2, 0) is 9.84 Å². The Morgan fingerprint density at radius 1 is 1.45 bits per heavy atom. The van der Waals surface area contributed by atoms with Crippen molar-refractivity contribution in [3.63, 3.8) is 0 Å². The second-order valence-electron chi connectivity index (χ2n) is 5.34. The number of hydrogen-bond acceptors (Lipinski definition) is 6. The van der Waals surface area contributed by atoms with Crippen molar-refractivity contribution in [2.24, 2.45) is 0 Å². The molecule has 0 aromatic carbocycles. The molecule has 3 heterocycles. The van der Waals surface area contributed by atoms with Gasteiger partial charge in [-0.25, -0.2) is 13.5 Å². The molecule has 9 nitrogen and oxygen atoms in total. The van der Waals surface area contributed by atoms with Gasteiger partial charge in [-0.15, -0.1) is 0 Å². The Kier molecular flexibility index (Phi) is 3.47. The quantitative estimate of drug-likeness (QED) is 0.833. The van der Waals surface area contributed by atoms with E-state index in [1.165, 1.54) is 6.33 Å². The molecule has 1 saturated heterocycles. The van der Waals surface area contributed by atoms with Gasteiger partial charge in [0.1, 0.15) is 6.33 Å². The number of amides is 1. The average Bonchev–Trinajstić information content (AvgIpc) is 3.10. The van der Waals surface area contributed by atoms with Gasteiger partial charge in [0.2, 0.25) is 5.95 Å². The first-order chi connectivity index (χ1) is 10.4. The fourth-order valence-electron chi connectivity index (χ4n) is 2.75. The summed E-state index contributed by atoms with van der Waals surface area (Å²) in [6, 6.07) is -0.212. The molecular weight excluding hydrogens is 308 g/mol. The van der Waals surface area contributed by atoms with Gasteiger partial charge in [-0.1, -0.05) is 0 Å². The van der Waals surface area contributed by atoms with Crippen molar-refractivity contribution >= 4 is 21.7 Å². The largest absolute Gasteiger partial charge is 0.291 e. The number of nitrogens with one attached hydrogen (secondary N) is 2. The molecule has 1 fully saturated rings. The Balaban J connectivity index is 1.89. The summed E-state index contributed by atoms with van der Waals surface area (Å²) in [5, 5.41) is 13.2. The normalized spacial score (nSPS) is 20.2. The first kappa shape index (κ1) is 14.7. The zero-order chi connectivity index (χ0) is 15.9. The van der Waals surface area contributed by atoms with Crippen LogP contribution in [0, 0.1) is 13.8 Å². The van der Waals surface area contributed by atoms with Gasteiger partial charge in [-0.3, -0.25) is 14.8 Å². The second kappa shape index (κ2) is 5.20. The molecule has 2 aromatic rings. The van der Waals surface area contributed by atoms with Gasteiger partial charge >= 0.3 is 0 Å². The molecule has 0 unspecified atom stereocenters. The minimum atomic E-state index is -3.01. The molecular formula is C12H16N6O3S. The minimum absolute atomic E-state index is 0.0676. The van der Waals surface area contributed by atoms with Crippen LogP contribution in [0.4, 0.5) is 5.95 Å². The van der Waals surface area contributed by atoms with E-state index in [1.807, 2.05) is 0 Å². The lowest BCUT2D eigenvalue weighted by atomic mass is 10.1. The zero-order valence-electron chi connectivity index (χ0n) is 12.2. The Morgan fingerprint density at radius 3 is 2.82 bits per heavy atom. The third-order valence-corrected chi connectivity index (χ3v) is 5.50. The lowest BCUT2D eigenvalue weighted by molar-refractivity contribution is 0.102. The molecule has 1 aliphatic heterocycles. The Hall–Kier alpha value is -2.23. The SMILES string of the molecule is Cc1nn([C@@H]2CCS(=O)(=O)C2)c(C)c1C(=O)Nc1ncn[nH]1. The minimum Gasteiger partial charge on any atom is -0.291 e. The smallest absolute Gasteiger partial charge is 0.261 e. The van der Waals surface area contributed by atoms with Gasteiger partial charge in [-0.05, 0) is 20.3 Å². The molecule has 10 heteroatoms. The molecule has 0 saturated carbocycles. The molecule has 1 amide bonds. The monoisotopic (exact) mass is 324 g/mol. The Bertz CT molecular complexity index is 808. The maximum absolute atomic E-state index is 12.3. The third kappa shape index (κ3) is 2.61. The maximum Gasteiger partial charge on any atom is 0.261 e. The van der Waals surface area contributed by atoms with Gasteiger partial charge < -0.3 is 0 Å². The van der Waals surface area contributed by atoms with Gasteiger partial charge in [0.25, 0.3) is 5.91 Å². The molecule has 3 rings (SSSR count). The standard InChI is InChI=1S/C12H16N6O3S/c1-7-10(11(19)15-12-13-6-14-16-12)8(2)18(17-7)9-3-4-22(20,21)5-9/h6,9H,3-5H2,1-2H3,(H2,13,14,15,16,19)/t9-/m1/s1. The molecule has 0 radical (unpaired) electrons. The lowest BCUT2D eigenvalue weighted by Gasteiger charge is -2.11. The van der Waals surface area contributed by atoms with E-state index in [0.29, 0.717) is 23.4 Å². The number of aromatic amines is 1. The van der Waals surface area contributed by atoms with E-state index in [-0.39, 0.29) is 29.4 Å². The van der Waals surface area contributed by atoms with Gasteiger partial charge in [0.05, 0.1) is 28.8 Å². The zero-order valence-corrected chi connectivity index (χ0v) is 13.0. The number of aromatic nitrogens is 5. The Labute approximate surface area is 127 Å². The van der Waals surface area contributed by atoms with Crippen molar-refractivity contribution in [1.29, 1.82) is 0 Å². The van der Waals surface area contributed by atoms with E-state index in [9.17, 15) is 13.2 Å². The van der Waals surface area contributed by atoms with E-state index in [1.54, 1.807) is 18.5 Å². The van der Waals surface area contributed by atoms with Gasteiger partial charge in [0.15, 0.2) is 9.84 Å². The number of H-pyrrole nitrogens is 1. The van der Waals surface area contributed by atoms with E-state index < -0.39 is 9.84 Å². The predicted molar refractivity (Wildman–Crippen MR) is 78.3 cm³/mol. The van der Waals surface area contributed by atoms with Crippen LogP contribution in [0.15, 0.2) is 6.33 Å². The average molecular weight is 324 g/mol. The molecule has 22 heavy (non-hydrogen) atoms. The number of carbonyl (C=O) groups excluding carboxylic acids is 1. The van der Waals surface area contributed by atoms with Crippen LogP contribution in [0.25, 0.3) is 0 Å². The van der Waals surface area contributed by atoms with Crippen LogP contribution in [0.1, 0.15) is 34.2 Å². The first-order valence-electron chi connectivity index (χ1n) is 6.80. The van der Waals surface area contributed by atoms with E-state index in [2.05, 4.69) is 25.6 Å². The molecule has 0 spiro atoms. The topological polar surface area (TPSA) is 123 Å². The number of anilines is 1. The van der Waals surface area contributed by atoms with Crippen molar-refractivity contribution in [3.05, 3.63) is 23.3 Å². The van der Waals surface area contributed by atoms with Crippen molar-refractivity contribution in [2.45, 2.75) is 26.3 Å². The number of rotatable bonds is 3. The molecule has 2 aromatic heterocycles. The summed E-state index contributed by atoms with van der Waals surface area (Å²) < 4.78 is 24.9. The Morgan fingerprint density at radius 2 is 2.23 bits per heavy atom. The van der Waals surface area contributed by atoms with Crippen LogP contribution >= 0.6 is 0 Å². The maximum atomic E-state index is 12.3. The van der Waals surface area contributed by atoms with Crippen LogP contribution in [0.2, 0.25) is 0 Å². The molecule has 1 atom stereocenters. The van der Waals surface area contributed by atoms with Crippen LogP contribution in [-0.4, -0.2) is 50.8 Å². The third-order valence-electron chi connectivity index (χ3n) is 3.75. The summed E-state index contributed by atoms with van der Waals surface area (Å²) in [4.78, 5) is 16.2. The van der Waals surface area contributed by atoms with Crippen molar-refractivity contribution in [1.82, 2.24) is 25.0 Å². The molecule has 0 bridgehead atoms. The summed E-state index contributed by atoms with van der Waals surface area (Å²) >= 11 is 0. The molecule has 0 aliphatic carbocycles. The highest BCUT2D eigenvalue weighted by atomic mass is 32.2. The van der Waals surface area contributed by atoms with Crippen molar-refractivity contribution in [2.75, 3.05) is 16.8 Å². The fraction of sp³-hybridized carbons (Fsp3) is 0.500. The van der Waals surface area contributed by atoms with Crippen molar-refractivity contribution < 1.29 is 13.2 Å². The van der Waals surface area contributed by atoms with E-state index in [0.717, 1.165) is 0 Å². The van der Waals surface area contributed by atoms with Gasteiger partial charge in [0, 0.05) is 5.69 Å². The number of nitrogens with zero attached hydrogens (tertiary/aromatic N) is 4. The number of hydrogen-bond donors (Lipinski definition) is 2. The van der Waals surface area contributed by atoms with E-state index in [4.69, 9.17) is 0 Å². The number of sulfone groups is 1. The molecule has 118 valence electrons. The molecule has 1 aliphatic rings. The van der Waals surface area contributed by atoms with Crippen molar-refractivity contribution in [3.8, 4) is 0 Å². The lowest BCUT2D eigenvalue weighted by Crippen LogP contribution is -2.17. The highest BCUT2D eigenvalue weighted by molar-refractivity contribution is 7.91. The van der Waals surface area contributed by atoms with Gasteiger partial charge in [-0.2, -0.15) is 15.2 Å². The predicted octanol–water partition coefficient (Wildman–Crippen LogP) is 0.230. The number of aryl methyl sites for hydroxylation is 1. The fourth-order valence-corrected chi connectivity index (χ4v) is 4.44. The highest BCUT2D eigenvalue weighted by Gasteiger charge is 2.32. The number of carbonyl (C=O) groups is 1. The summed E-state index contributed by atoms with van der Waals surface area (Å²) in [5.41, 5.74) is 1.64. The van der Waals surface area contributed by atoms with E-state index >= 15 is 0 Å². The summed E-state index contributed by atoms with van der Waals surface area (Å²) in [6.45, 7) is 3.49. The second-order valence-corrected chi connectivity index (χ2v) is 7.56. The molecule has 2 N–H and O–H groups in total. The first-order valence-corrected chi connectivity index (χ1v) is 8.62. The summed E-state index contributed by atoms with van der Waals surface area (Å²) in [5.74, 6) is 0.132. The van der Waals surface area contributed by atoms with Crippen LogP contribution in [0.5, 0.6) is 0 Å². The van der Waals surface area contributed by atoms with Crippen LogP contribution < -0.4 is 5.32 Å². The summed E-state index contributed by atoms with van der Waals surface area (Å²) in [7, 11) is -3.01. The highest BCUT2D eigenvalue weighted by Crippen LogP contribution is 2.27. The van der Waals surface area contributed by atoms with Crippen LogP contribution in [0.3, 0.4) is 0 Å². The summed E-state index contributed by atoms with van der Waals surface area (Å²) in [6.07, 6.45) is 1.82.